The Labute approximate surface area is 103 Å². The van der Waals surface area contributed by atoms with Gasteiger partial charge in [-0.3, -0.25) is 14.5 Å². The molecule has 0 aromatic rings. The second kappa shape index (κ2) is 10.1. The van der Waals surface area contributed by atoms with Crippen molar-refractivity contribution in [1.82, 2.24) is 4.90 Å². The Morgan fingerprint density at radius 2 is 1.53 bits per heavy atom. The Hall–Kier alpha value is -1.10. The molecule has 0 aliphatic heterocycles. The maximum absolute atomic E-state index is 11.3. The smallest absolute Gasteiger partial charge is 0.320 e. The molecule has 0 fully saturated rings. The monoisotopic (exact) mass is 245 g/mol. The highest BCUT2D eigenvalue weighted by Gasteiger charge is 2.12. The minimum atomic E-state index is -0.246. The van der Waals surface area contributed by atoms with E-state index >= 15 is 0 Å². The van der Waals surface area contributed by atoms with Crippen molar-refractivity contribution < 1.29 is 19.1 Å². The average Bonchev–Trinajstić information content (AvgIpc) is 2.27. The molecule has 0 radical (unpaired) electrons. The molecule has 0 saturated carbocycles. The topological polar surface area (TPSA) is 55.8 Å². The van der Waals surface area contributed by atoms with Crippen molar-refractivity contribution in [1.29, 1.82) is 0 Å². The van der Waals surface area contributed by atoms with Gasteiger partial charge in [0, 0.05) is 6.54 Å². The van der Waals surface area contributed by atoms with Gasteiger partial charge in [-0.05, 0) is 26.8 Å². The van der Waals surface area contributed by atoms with Crippen molar-refractivity contribution in [2.45, 2.75) is 33.6 Å². The molecule has 0 aromatic carbocycles. The van der Waals surface area contributed by atoms with Crippen LogP contribution in [0.25, 0.3) is 0 Å². The van der Waals surface area contributed by atoms with E-state index in [2.05, 4.69) is 0 Å². The van der Waals surface area contributed by atoms with Gasteiger partial charge in [-0.25, -0.2) is 0 Å². The van der Waals surface area contributed by atoms with Crippen molar-refractivity contribution in [3.8, 4) is 0 Å². The second-order valence-corrected chi connectivity index (χ2v) is 3.64. The fourth-order valence-corrected chi connectivity index (χ4v) is 1.46. The Morgan fingerprint density at radius 3 is 2.06 bits per heavy atom. The fraction of sp³-hybridized carbons (Fsp3) is 0.833. The average molecular weight is 245 g/mol. The highest BCUT2D eigenvalue weighted by molar-refractivity contribution is 5.72. The molecule has 0 atom stereocenters. The molecule has 0 N–H and O–H groups in total. The quantitative estimate of drug-likeness (QED) is 0.572. The van der Waals surface area contributed by atoms with Gasteiger partial charge in [0.2, 0.25) is 0 Å². The van der Waals surface area contributed by atoms with Crippen LogP contribution in [-0.2, 0) is 19.1 Å². The number of nitrogens with zero attached hydrogens (tertiary/aromatic N) is 1. The van der Waals surface area contributed by atoms with Crippen LogP contribution in [0.5, 0.6) is 0 Å². The van der Waals surface area contributed by atoms with Gasteiger partial charge in [-0.2, -0.15) is 0 Å². The molecular formula is C12H23NO4. The molecule has 0 aliphatic rings. The molecule has 0 rings (SSSR count). The standard InChI is InChI=1S/C12H23NO4/c1-4-8-13(10-12(15)17-6-3)9-7-11(14)16-5-2/h4-10H2,1-3H3. The van der Waals surface area contributed by atoms with Gasteiger partial charge in [-0.1, -0.05) is 6.92 Å². The van der Waals surface area contributed by atoms with Crippen molar-refractivity contribution >= 4 is 11.9 Å². The summed E-state index contributed by atoms with van der Waals surface area (Å²) in [6, 6.07) is 0. The first-order valence-electron chi connectivity index (χ1n) is 6.17. The molecule has 100 valence electrons. The third-order valence-corrected chi connectivity index (χ3v) is 2.14. The highest BCUT2D eigenvalue weighted by atomic mass is 16.5. The molecule has 0 saturated heterocycles. The van der Waals surface area contributed by atoms with E-state index in [4.69, 9.17) is 9.47 Å². The minimum Gasteiger partial charge on any atom is -0.466 e. The first kappa shape index (κ1) is 15.9. The Morgan fingerprint density at radius 1 is 0.941 bits per heavy atom. The summed E-state index contributed by atoms with van der Waals surface area (Å²) in [6.45, 7) is 7.91. The summed E-state index contributed by atoms with van der Waals surface area (Å²) < 4.78 is 9.72. The SMILES string of the molecule is CCCN(CCC(=O)OCC)CC(=O)OCC. The third-order valence-electron chi connectivity index (χ3n) is 2.14. The van der Waals surface area contributed by atoms with E-state index in [9.17, 15) is 9.59 Å². The maximum Gasteiger partial charge on any atom is 0.320 e. The van der Waals surface area contributed by atoms with Gasteiger partial charge >= 0.3 is 11.9 Å². The number of hydrogen-bond donors (Lipinski definition) is 0. The van der Waals surface area contributed by atoms with Crippen molar-refractivity contribution in [2.24, 2.45) is 0 Å². The van der Waals surface area contributed by atoms with Crippen LogP contribution < -0.4 is 0 Å². The van der Waals surface area contributed by atoms with E-state index < -0.39 is 0 Å². The summed E-state index contributed by atoms with van der Waals surface area (Å²) >= 11 is 0. The molecule has 5 nitrogen and oxygen atoms in total. The Bertz CT molecular complexity index is 231. The van der Waals surface area contributed by atoms with Crippen LogP contribution in [0.2, 0.25) is 0 Å². The number of hydrogen-bond acceptors (Lipinski definition) is 5. The van der Waals surface area contributed by atoms with E-state index in [1.807, 2.05) is 11.8 Å². The first-order chi connectivity index (χ1) is 8.13. The van der Waals surface area contributed by atoms with Crippen LogP contribution >= 0.6 is 0 Å². The molecule has 0 bridgehead atoms. The van der Waals surface area contributed by atoms with Crippen LogP contribution in [0.15, 0.2) is 0 Å². The highest BCUT2D eigenvalue weighted by Crippen LogP contribution is 1.97. The van der Waals surface area contributed by atoms with Gasteiger partial charge in [-0.15, -0.1) is 0 Å². The lowest BCUT2D eigenvalue weighted by atomic mass is 10.3. The molecular weight excluding hydrogens is 222 g/mol. The third kappa shape index (κ3) is 8.68. The van der Waals surface area contributed by atoms with Gasteiger partial charge < -0.3 is 9.47 Å². The zero-order valence-electron chi connectivity index (χ0n) is 11.0. The van der Waals surface area contributed by atoms with Crippen molar-refractivity contribution in [2.75, 3.05) is 32.8 Å². The Balaban J connectivity index is 3.96. The predicted molar refractivity (Wildman–Crippen MR) is 64.6 cm³/mol. The minimum absolute atomic E-state index is 0.225. The van der Waals surface area contributed by atoms with Gasteiger partial charge in [0.1, 0.15) is 0 Å². The molecule has 5 heteroatoms. The molecule has 0 aliphatic carbocycles. The van der Waals surface area contributed by atoms with Crippen molar-refractivity contribution in [3.63, 3.8) is 0 Å². The molecule has 0 heterocycles. The number of rotatable bonds is 9. The summed E-state index contributed by atoms with van der Waals surface area (Å²) in [7, 11) is 0. The Kier molecular flexibility index (Phi) is 9.43. The van der Waals surface area contributed by atoms with Crippen LogP contribution in [0.3, 0.4) is 0 Å². The number of carbonyl (C=O) groups excluding carboxylic acids is 2. The van der Waals surface area contributed by atoms with Crippen LogP contribution in [0.1, 0.15) is 33.6 Å². The zero-order chi connectivity index (χ0) is 13.1. The normalized spacial score (nSPS) is 10.4. The van der Waals surface area contributed by atoms with E-state index in [0.717, 1.165) is 13.0 Å². The van der Waals surface area contributed by atoms with E-state index in [-0.39, 0.29) is 18.5 Å². The number of esters is 2. The van der Waals surface area contributed by atoms with Crippen LogP contribution in [-0.4, -0.2) is 49.7 Å². The lowest BCUT2D eigenvalue weighted by Gasteiger charge is -2.19. The van der Waals surface area contributed by atoms with Crippen LogP contribution in [0.4, 0.5) is 0 Å². The van der Waals surface area contributed by atoms with E-state index in [0.29, 0.717) is 26.2 Å². The van der Waals surface area contributed by atoms with E-state index in [1.54, 1.807) is 13.8 Å². The summed E-state index contributed by atoms with van der Waals surface area (Å²) in [5.74, 6) is -0.470. The number of ether oxygens (including phenoxy) is 2. The fourth-order valence-electron chi connectivity index (χ4n) is 1.46. The van der Waals surface area contributed by atoms with E-state index in [1.165, 1.54) is 0 Å². The van der Waals surface area contributed by atoms with Gasteiger partial charge in [0.15, 0.2) is 0 Å². The zero-order valence-corrected chi connectivity index (χ0v) is 11.0. The lowest BCUT2D eigenvalue weighted by Crippen LogP contribution is -2.33. The van der Waals surface area contributed by atoms with Crippen LogP contribution in [0, 0.1) is 0 Å². The summed E-state index contributed by atoms with van der Waals surface area (Å²) in [6.07, 6.45) is 1.25. The second-order valence-electron chi connectivity index (χ2n) is 3.64. The maximum atomic E-state index is 11.3. The summed E-state index contributed by atoms with van der Waals surface area (Å²) in [4.78, 5) is 24.4. The molecule has 0 aromatic heterocycles. The molecule has 17 heavy (non-hydrogen) atoms. The molecule has 0 amide bonds. The van der Waals surface area contributed by atoms with Crippen molar-refractivity contribution in [3.05, 3.63) is 0 Å². The first-order valence-corrected chi connectivity index (χ1v) is 6.17. The summed E-state index contributed by atoms with van der Waals surface area (Å²) in [5.41, 5.74) is 0. The molecule has 0 unspecified atom stereocenters. The summed E-state index contributed by atoms with van der Waals surface area (Å²) in [5, 5.41) is 0. The largest absolute Gasteiger partial charge is 0.466 e. The van der Waals surface area contributed by atoms with Gasteiger partial charge in [0.25, 0.3) is 0 Å². The van der Waals surface area contributed by atoms with Gasteiger partial charge in [0.05, 0.1) is 26.2 Å². The lowest BCUT2D eigenvalue weighted by molar-refractivity contribution is -0.147. The predicted octanol–water partition coefficient (Wildman–Crippen LogP) is 1.21. The molecule has 0 spiro atoms. The number of carbonyl (C=O) groups is 2.